The molecule has 27 heavy (non-hydrogen) atoms. The van der Waals surface area contributed by atoms with Crippen molar-refractivity contribution in [3.05, 3.63) is 65.2 Å². The third-order valence-corrected chi connectivity index (χ3v) is 5.74. The van der Waals surface area contributed by atoms with Crippen molar-refractivity contribution in [2.45, 2.75) is 6.42 Å². The van der Waals surface area contributed by atoms with Crippen LogP contribution in [0.4, 0.5) is 10.1 Å². The van der Waals surface area contributed by atoms with Crippen molar-refractivity contribution in [1.82, 2.24) is 10.3 Å². The Kier molecular flexibility index (Phi) is 5.12. The van der Waals surface area contributed by atoms with Crippen LogP contribution in [0.15, 0.2) is 48.8 Å². The summed E-state index contributed by atoms with van der Waals surface area (Å²) >= 11 is 5.99. The molecule has 1 aliphatic carbocycles. The first-order valence-electron chi connectivity index (χ1n) is 9.18. The van der Waals surface area contributed by atoms with E-state index < -0.39 is 0 Å². The Morgan fingerprint density at radius 2 is 2.15 bits per heavy atom. The number of fused-ring (bicyclic) bond motifs is 1. The number of piperidine rings is 1. The Balaban J connectivity index is 1.20. The Morgan fingerprint density at radius 1 is 1.33 bits per heavy atom. The summed E-state index contributed by atoms with van der Waals surface area (Å²) in [4.78, 5) is 18.0. The van der Waals surface area contributed by atoms with Crippen LogP contribution in [0.5, 0.6) is 0 Å². The molecule has 6 heteroatoms. The summed E-state index contributed by atoms with van der Waals surface area (Å²) in [6.07, 6.45) is 7.67. The van der Waals surface area contributed by atoms with Gasteiger partial charge in [0.15, 0.2) is 0 Å². The lowest BCUT2D eigenvalue weighted by Crippen LogP contribution is -2.27. The highest BCUT2D eigenvalue weighted by Gasteiger charge is 2.55. The van der Waals surface area contributed by atoms with Crippen LogP contribution in [0, 0.1) is 23.6 Å². The number of halogens is 2. The second kappa shape index (κ2) is 7.69. The predicted molar refractivity (Wildman–Crippen MR) is 105 cm³/mol. The number of hydrogen-bond acceptors (Lipinski definition) is 3. The normalized spacial score (nSPS) is 23.5. The van der Waals surface area contributed by atoms with Gasteiger partial charge in [0.05, 0.1) is 5.69 Å². The van der Waals surface area contributed by atoms with Crippen LogP contribution in [0.2, 0.25) is 5.02 Å². The fraction of sp³-hybridized carbons (Fsp3) is 0.333. The summed E-state index contributed by atoms with van der Waals surface area (Å²) in [5.74, 6) is 1.49. The van der Waals surface area contributed by atoms with E-state index in [1.807, 2.05) is 12.1 Å². The monoisotopic (exact) mass is 385 g/mol. The smallest absolute Gasteiger partial charge is 0.244 e. The molecule has 0 radical (unpaired) electrons. The highest BCUT2D eigenvalue weighted by molar-refractivity contribution is 6.30. The van der Waals surface area contributed by atoms with E-state index in [2.05, 4.69) is 15.2 Å². The number of benzene rings is 1. The van der Waals surface area contributed by atoms with Gasteiger partial charge in [-0.25, -0.2) is 4.39 Å². The average Bonchev–Trinajstić information content (AvgIpc) is 3.12. The molecular weight excluding hydrogens is 365 g/mol. The molecule has 3 atom stereocenters. The first kappa shape index (κ1) is 18.0. The van der Waals surface area contributed by atoms with Crippen molar-refractivity contribution in [3.8, 4) is 0 Å². The van der Waals surface area contributed by atoms with Crippen LogP contribution in [0.1, 0.15) is 12.0 Å². The number of anilines is 1. The lowest BCUT2D eigenvalue weighted by Gasteiger charge is -2.22. The number of nitrogens with zero attached hydrogens (tertiary/aromatic N) is 2. The van der Waals surface area contributed by atoms with Gasteiger partial charge >= 0.3 is 0 Å². The highest BCUT2D eigenvalue weighted by atomic mass is 35.5. The molecule has 2 aliphatic rings. The number of pyridine rings is 1. The maximum absolute atomic E-state index is 14.0. The molecule has 1 saturated carbocycles. The highest BCUT2D eigenvalue weighted by Crippen LogP contribution is 2.54. The van der Waals surface area contributed by atoms with Crippen LogP contribution in [0.25, 0.3) is 6.08 Å². The van der Waals surface area contributed by atoms with Crippen molar-refractivity contribution >= 4 is 29.3 Å². The third kappa shape index (κ3) is 4.14. The number of carbonyl (C=O) groups excluding carboxylic acids is 1. The van der Waals surface area contributed by atoms with E-state index >= 15 is 0 Å². The molecule has 0 bridgehead atoms. The fourth-order valence-electron chi connectivity index (χ4n) is 4.07. The van der Waals surface area contributed by atoms with Crippen LogP contribution in [0.3, 0.4) is 0 Å². The minimum absolute atomic E-state index is 0.0905. The second-order valence-corrected chi connectivity index (χ2v) is 7.63. The molecule has 1 aromatic heterocycles. The molecule has 4 nitrogen and oxygen atoms in total. The van der Waals surface area contributed by atoms with Crippen molar-refractivity contribution in [1.29, 1.82) is 0 Å². The molecule has 2 heterocycles. The van der Waals surface area contributed by atoms with Crippen LogP contribution < -0.4 is 10.2 Å². The van der Waals surface area contributed by atoms with Crippen molar-refractivity contribution in [2.24, 2.45) is 17.8 Å². The Labute approximate surface area is 163 Å². The van der Waals surface area contributed by atoms with Gasteiger partial charge in [0, 0.05) is 43.1 Å². The summed E-state index contributed by atoms with van der Waals surface area (Å²) in [5, 5.41) is 3.50. The molecule has 0 unspecified atom stereocenters. The minimum atomic E-state index is -0.218. The van der Waals surface area contributed by atoms with Crippen molar-refractivity contribution in [2.75, 3.05) is 24.5 Å². The lowest BCUT2D eigenvalue weighted by atomic mass is 10.1. The molecule has 2 aromatic rings. The van der Waals surface area contributed by atoms with Gasteiger partial charge in [-0.1, -0.05) is 17.7 Å². The molecule has 140 valence electrons. The van der Waals surface area contributed by atoms with Crippen LogP contribution >= 0.6 is 11.6 Å². The fourth-order valence-corrected chi connectivity index (χ4v) is 4.24. The summed E-state index contributed by atoms with van der Waals surface area (Å²) in [5.41, 5.74) is 1.50. The summed E-state index contributed by atoms with van der Waals surface area (Å²) < 4.78 is 14.0. The van der Waals surface area contributed by atoms with E-state index in [4.69, 9.17) is 11.6 Å². The molecule has 1 N–H and O–H groups in total. The largest absolute Gasteiger partial charge is 0.369 e. The molecule has 4 rings (SSSR count). The number of nitrogens with one attached hydrogen (secondary N) is 1. The van der Waals surface area contributed by atoms with Gasteiger partial charge in [0.1, 0.15) is 5.82 Å². The molecule has 1 aromatic carbocycles. The number of carbonyl (C=O) groups is 1. The van der Waals surface area contributed by atoms with E-state index in [0.29, 0.717) is 35.0 Å². The van der Waals surface area contributed by atoms with E-state index in [0.717, 1.165) is 25.1 Å². The third-order valence-electron chi connectivity index (χ3n) is 5.51. The quantitative estimate of drug-likeness (QED) is 0.770. The number of rotatable bonds is 6. The zero-order valence-electron chi connectivity index (χ0n) is 14.8. The van der Waals surface area contributed by atoms with Gasteiger partial charge in [0.2, 0.25) is 5.91 Å². The van der Waals surface area contributed by atoms with E-state index in [1.165, 1.54) is 12.1 Å². The predicted octanol–water partition coefficient (Wildman–Crippen LogP) is 3.78. The molecule has 0 spiro atoms. The molecule has 1 amide bonds. The summed E-state index contributed by atoms with van der Waals surface area (Å²) in [7, 11) is 0. The maximum Gasteiger partial charge on any atom is 0.244 e. The minimum Gasteiger partial charge on any atom is -0.369 e. The molecule has 1 aliphatic heterocycles. The van der Waals surface area contributed by atoms with Gasteiger partial charge in [-0.05, 0) is 60.1 Å². The zero-order chi connectivity index (χ0) is 18.8. The lowest BCUT2D eigenvalue weighted by molar-refractivity contribution is -0.116. The van der Waals surface area contributed by atoms with Crippen molar-refractivity contribution < 1.29 is 9.18 Å². The number of aromatic nitrogens is 1. The van der Waals surface area contributed by atoms with Crippen LogP contribution in [-0.2, 0) is 4.79 Å². The number of amides is 1. The topological polar surface area (TPSA) is 45.2 Å². The van der Waals surface area contributed by atoms with Gasteiger partial charge < -0.3 is 10.2 Å². The Hall–Kier alpha value is -2.40. The second-order valence-electron chi connectivity index (χ2n) is 7.19. The summed E-state index contributed by atoms with van der Waals surface area (Å²) in [6.45, 7) is 2.39. The van der Waals surface area contributed by atoms with Gasteiger partial charge in [-0.3, -0.25) is 9.78 Å². The van der Waals surface area contributed by atoms with E-state index in [9.17, 15) is 9.18 Å². The van der Waals surface area contributed by atoms with Gasteiger partial charge in [-0.15, -0.1) is 0 Å². The Bertz CT molecular complexity index is 846. The average molecular weight is 386 g/mol. The zero-order valence-corrected chi connectivity index (χ0v) is 15.6. The Morgan fingerprint density at radius 3 is 2.89 bits per heavy atom. The molecule has 1 saturated heterocycles. The molecular formula is C21H21ClFN3O. The standard InChI is InChI=1S/C21H21ClFN3O/c22-15-4-5-19(23)20(10-15)26-12-17-16(18(17)13-26)7-9-25-21(27)6-3-14-2-1-8-24-11-14/h1-6,8,10-11,16-18H,7,9,12-13H2,(H,25,27)/b6-3+/t16-,17-,18+. The van der Waals surface area contributed by atoms with Crippen molar-refractivity contribution in [3.63, 3.8) is 0 Å². The first-order valence-corrected chi connectivity index (χ1v) is 9.55. The maximum atomic E-state index is 14.0. The van der Waals surface area contributed by atoms with Crippen LogP contribution in [-0.4, -0.2) is 30.5 Å². The van der Waals surface area contributed by atoms with E-state index in [1.54, 1.807) is 30.6 Å². The van der Waals surface area contributed by atoms with Gasteiger partial charge in [0.25, 0.3) is 0 Å². The summed E-state index contributed by atoms with van der Waals surface area (Å²) in [6, 6.07) is 8.43. The SMILES string of the molecule is O=C(/C=C/c1cccnc1)NCC[C@@H]1[C@H]2CN(c3cc(Cl)ccc3F)C[C@@H]12. The first-order chi connectivity index (χ1) is 13.1. The molecule has 2 fully saturated rings. The van der Waals surface area contributed by atoms with E-state index in [-0.39, 0.29) is 11.7 Å². The van der Waals surface area contributed by atoms with Gasteiger partial charge in [-0.2, -0.15) is 0 Å². The number of hydrogen-bond donors (Lipinski definition) is 1.